The van der Waals surface area contributed by atoms with Crippen molar-refractivity contribution in [2.24, 2.45) is 4.99 Å². The molecule has 48 valence electrons. The fraction of sp³-hybridized carbons (Fsp3) is 0.600. The molecule has 0 radical (unpaired) electrons. The molecule has 2 heterocycles. The Kier molecular flexibility index (Phi) is 0.777. The standard InChI is InChI=1S/C5H6N2O2/c8-4-3-7-1-2-9-5(7)6-4/h1-3H2. The number of carbonyl (C=O) groups excluding carboxylic acids is 1. The third kappa shape index (κ3) is 0.590. The van der Waals surface area contributed by atoms with Crippen LogP contribution in [-0.2, 0) is 9.53 Å². The van der Waals surface area contributed by atoms with E-state index in [1.165, 1.54) is 0 Å². The van der Waals surface area contributed by atoms with Gasteiger partial charge in [-0.2, -0.15) is 4.99 Å². The van der Waals surface area contributed by atoms with E-state index < -0.39 is 0 Å². The van der Waals surface area contributed by atoms with Crippen molar-refractivity contribution in [3.63, 3.8) is 0 Å². The molecule has 0 N–H and O–H groups in total. The van der Waals surface area contributed by atoms with E-state index in [0.717, 1.165) is 6.54 Å². The molecule has 4 nitrogen and oxygen atoms in total. The molecule has 1 fully saturated rings. The number of carbonyl (C=O) groups is 1. The normalized spacial score (nSPS) is 23.8. The van der Waals surface area contributed by atoms with Gasteiger partial charge < -0.3 is 9.64 Å². The molecule has 1 amide bonds. The van der Waals surface area contributed by atoms with Gasteiger partial charge >= 0.3 is 0 Å². The number of ether oxygens (including phenoxy) is 1. The van der Waals surface area contributed by atoms with Crippen LogP contribution in [0.1, 0.15) is 0 Å². The van der Waals surface area contributed by atoms with Crippen molar-refractivity contribution in [1.29, 1.82) is 0 Å². The Bertz CT molecular complexity index is 187. The van der Waals surface area contributed by atoms with Crippen LogP contribution in [0.25, 0.3) is 0 Å². The molecule has 0 aromatic rings. The molecule has 2 rings (SSSR count). The second-order valence-corrected chi connectivity index (χ2v) is 2.06. The first-order valence-corrected chi connectivity index (χ1v) is 2.85. The van der Waals surface area contributed by atoms with Gasteiger partial charge in [0.1, 0.15) is 13.2 Å². The summed E-state index contributed by atoms with van der Waals surface area (Å²) in [7, 11) is 0. The number of hydrogen-bond donors (Lipinski definition) is 0. The average molecular weight is 126 g/mol. The Balaban J connectivity index is 2.27. The van der Waals surface area contributed by atoms with E-state index in [-0.39, 0.29) is 5.91 Å². The third-order valence-electron chi connectivity index (χ3n) is 1.41. The highest BCUT2D eigenvalue weighted by Crippen LogP contribution is 2.09. The van der Waals surface area contributed by atoms with Crippen molar-refractivity contribution in [2.45, 2.75) is 0 Å². The Labute approximate surface area is 52.1 Å². The van der Waals surface area contributed by atoms with Crippen LogP contribution < -0.4 is 0 Å². The van der Waals surface area contributed by atoms with E-state index in [4.69, 9.17) is 4.74 Å². The summed E-state index contributed by atoms with van der Waals surface area (Å²) in [4.78, 5) is 16.0. The number of nitrogens with zero attached hydrogens (tertiary/aromatic N) is 2. The summed E-state index contributed by atoms with van der Waals surface area (Å²) in [6.07, 6.45) is 0. The summed E-state index contributed by atoms with van der Waals surface area (Å²) in [6.45, 7) is 1.89. The van der Waals surface area contributed by atoms with Crippen LogP contribution in [-0.4, -0.2) is 36.5 Å². The minimum atomic E-state index is -0.0929. The van der Waals surface area contributed by atoms with Gasteiger partial charge in [0.25, 0.3) is 11.9 Å². The number of hydrogen-bond acceptors (Lipinski definition) is 3. The molecular weight excluding hydrogens is 120 g/mol. The topological polar surface area (TPSA) is 41.9 Å². The first-order chi connectivity index (χ1) is 4.36. The summed E-state index contributed by atoms with van der Waals surface area (Å²) >= 11 is 0. The Hall–Kier alpha value is -1.06. The zero-order valence-corrected chi connectivity index (χ0v) is 4.83. The van der Waals surface area contributed by atoms with Gasteiger partial charge in [-0.25, -0.2) is 0 Å². The molecular formula is C5H6N2O2. The number of amides is 1. The lowest BCUT2D eigenvalue weighted by molar-refractivity contribution is -0.117. The van der Waals surface area contributed by atoms with Crippen LogP contribution in [0.3, 0.4) is 0 Å². The van der Waals surface area contributed by atoms with Crippen molar-refractivity contribution in [2.75, 3.05) is 19.7 Å². The third-order valence-corrected chi connectivity index (χ3v) is 1.41. The van der Waals surface area contributed by atoms with Crippen molar-refractivity contribution in [3.8, 4) is 0 Å². The van der Waals surface area contributed by atoms with E-state index in [1.54, 1.807) is 0 Å². The highest BCUT2D eigenvalue weighted by molar-refractivity contribution is 5.98. The van der Waals surface area contributed by atoms with Crippen LogP contribution in [0.2, 0.25) is 0 Å². The van der Waals surface area contributed by atoms with Gasteiger partial charge in [0.15, 0.2) is 0 Å². The number of rotatable bonds is 0. The van der Waals surface area contributed by atoms with E-state index >= 15 is 0 Å². The summed E-state index contributed by atoms with van der Waals surface area (Å²) in [5.41, 5.74) is 0. The van der Waals surface area contributed by atoms with Gasteiger partial charge in [0.05, 0.1) is 6.54 Å². The van der Waals surface area contributed by atoms with E-state index in [2.05, 4.69) is 4.99 Å². The number of fused-ring (bicyclic) bond motifs is 1. The first kappa shape index (κ1) is 4.78. The van der Waals surface area contributed by atoms with Crippen molar-refractivity contribution >= 4 is 11.9 Å². The summed E-state index contributed by atoms with van der Waals surface area (Å²) in [5, 5.41) is 0. The van der Waals surface area contributed by atoms with E-state index in [0.29, 0.717) is 19.2 Å². The lowest BCUT2D eigenvalue weighted by atomic mass is 10.5. The van der Waals surface area contributed by atoms with Gasteiger partial charge in [-0.15, -0.1) is 0 Å². The average Bonchev–Trinajstić information content (AvgIpc) is 2.22. The van der Waals surface area contributed by atoms with Gasteiger partial charge in [0, 0.05) is 0 Å². The molecule has 2 aliphatic rings. The summed E-state index contributed by atoms with van der Waals surface area (Å²) in [6, 6.07) is 0.514. The van der Waals surface area contributed by atoms with Crippen LogP contribution >= 0.6 is 0 Å². The van der Waals surface area contributed by atoms with Crippen molar-refractivity contribution < 1.29 is 9.53 Å². The predicted molar refractivity (Wildman–Crippen MR) is 30.0 cm³/mol. The highest BCUT2D eigenvalue weighted by Gasteiger charge is 2.28. The molecule has 0 unspecified atom stereocenters. The zero-order valence-electron chi connectivity index (χ0n) is 4.83. The van der Waals surface area contributed by atoms with E-state index in [1.807, 2.05) is 4.90 Å². The van der Waals surface area contributed by atoms with Crippen LogP contribution in [0, 0.1) is 0 Å². The lowest BCUT2D eigenvalue weighted by Gasteiger charge is -2.02. The van der Waals surface area contributed by atoms with Crippen LogP contribution in [0.4, 0.5) is 0 Å². The SMILES string of the molecule is O=C1CN2CCOC2=N1. The van der Waals surface area contributed by atoms with Gasteiger partial charge in [-0.1, -0.05) is 0 Å². The van der Waals surface area contributed by atoms with Gasteiger partial charge in [-0.3, -0.25) is 4.79 Å². The maximum absolute atomic E-state index is 10.5. The Morgan fingerprint density at radius 3 is 3.33 bits per heavy atom. The fourth-order valence-corrected chi connectivity index (χ4v) is 0.989. The van der Waals surface area contributed by atoms with Crippen molar-refractivity contribution in [3.05, 3.63) is 0 Å². The molecule has 2 aliphatic heterocycles. The fourth-order valence-electron chi connectivity index (χ4n) is 0.989. The molecule has 0 aromatic heterocycles. The van der Waals surface area contributed by atoms with Crippen LogP contribution in [0.5, 0.6) is 0 Å². The maximum Gasteiger partial charge on any atom is 0.295 e. The van der Waals surface area contributed by atoms with Crippen LogP contribution in [0.15, 0.2) is 4.99 Å². The molecule has 0 spiro atoms. The zero-order chi connectivity index (χ0) is 6.27. The van der Waals surface area contributed by atoms with Gasteiger partial charge in [0.2, 0.25) is 0 Å². The molecule has 9 heavy (non-hydrogen) atoms. The Morgan fingerprint density at radius 2 is 2.56 bits per heavy atom. The lowest BCUT2D eigenvalue weighted by Crippen LogP contribution is -2.22. The largest absolute Gasteiger partial charge is 0.463 e. The van der Waals surface area contributed by atoms with Crippen molar-refractivity contribution in [1.82, 2.24) is 4.90 Å². The maximum atomic E-state index is 10.5. The smallest absolute Gasteiger partial charge is 0.295 e. The quantitative estimate of drug-likeness (QED) is 0.427. The van der Waals surface area contributed by atoms with E-state index in [9.17, 15) is 4.79 Å². The summed E-state index contributed by atoms with van der Waals surface area (Å²) in [5.74, 6) is -0.0929. The highest BCUT2D eigenvalue weighted by atomic mass is 16.5. The second-order valence-electron chi connectivity index (χ2n) is 2.06. The monoisotopic (exact) mass is 126 g/mol. The molecule has 0 saturated carbocycles. The molecule has 0 bridgehead atoms. The minimum absolute atomic E-state index is 0.0929. The molecule has 0 aromatic carbocycles. The molecule has 0 aliphatic carbocycles. The first-order valence-electron chi connectivity index (χ1n) is 2.85. The number of amidine groups is 1. The second kappa shape index (κ2) is 1.46. The Morgan fingerprint density at radius 1 is 1.67 bits per heavy atom. The van der Waals surface area contributed by atoms with Gasteiger partial charge in [-0.05, 0) is 0 Å². The summed E-state index contributed by atoms with van der Waals surface area (Å²) < 4.78 is 5.00. The number of aliphatic imine (C=N–C) groups is 1. The minimum Gasteiger partial charge on any atom is -0.463 e. The predicted octanol–water partition coefficient (Wildman–Crippen LogP) is -0.785. The molecule has 0 atom stereocenters. The molecule has 1 saturated heterocycles. The molecule has 4 heteroatoms.